The highest BCUT2D eigenvalue weighted by Crippen LogP contribution is 2.33. The van der Waals surface area contributed by atoms with E-state index >= 15 is 0 Å². The summed E-state index contributed by atoms with van der Waals surface area (Å²) >= 11 is 2.43. The van der Waals surface area contributed by atoms with Crippen molar-refractivity contribution in [1.82, 2.24) is 25.1 Å². The molecule has 2 fully saturated rings. The Hall–Kier alpha value is -4.38. The largest absolute Gasteiger partial charge is 0.506 e. The second-order valence-electron chi connectivity index (χ2n) is 12.2. The lowest BCUT2D eigenvalue weighted by molar-refractivity contribution is -0.127. The number of piperidine rings is 1. The van der Waals surface area contributed by atoms with Gasteiger partial charge in [-0.25, -0.2) is 4.98 Å². The third-order valence-electron chi connectivity index (χ3n) is 8.99. The molecule has 4 heterocycles. The molecule has 7 rings (SSSR count). The molecule has 15 heteroatoms. The molecule has 0 bridgehead atoms. The molecule has 1 amide bonds. The Morgan fingerprint density at radius 3 is 2.62 bits per heavy atom. The van der Waals surface area contributed by atoms with Crippen molar-refractivity contribution in [3.8, 4) is 11.5 Å². The van der Waals surface area contributed by atoms with E-state index in [2.05, 4.69) is 20.2 Å². The second-order valence-corrected chi connectivity index (χ2v) is 14.2. The Kier molecular flexibility index (Phi) is 11.4. The van der Waals surface area contributed by atoms with Gasteiger partial charge in [-0.15, -0.1) is 11.3 Å². The van der Waals surface area contributed by atoms with Gasteiger partial charge >= 0.3 is 4.87 Å². The number of carboxylic acid groups (broad SMARTS) is 1. The number of ether oxygens (including phenoxy) is 2. The lowest BCUT2D eigenvalue weighted by atomic mass is 9.89. The summed E-state index contributed by atoms with van der Waals surface area (Å²) in [5, 5.41) is 31.4. The summed E-state index contributed by atoms with van der Waals surface area (Å²) in [5.74, 6) is 0.790. The van der Waals surface area contributed by atoms with Gasteiger partial charge in [-0.3, -0.25) is 19.3 Å². The first-order valence-corrected chi connectivity index (χ1v) is 17.9. The average Bonchev–Trinajstić information content (AvgIpc) is 3.74. The number of phenolic OH excluding ortho intramolecular Hbond substituents is 1. The number of aliphatic hydroxyl groups excluding tert-OH is 1. The van der Waals surface area contributed by atoms with Crippen LogP contribution in [0.1, 0.15) is 39.9 Å². The van der Waals surface area contributed by atoms with Crippen LogP contribution in [-0.2, 0) is 16.1 Å². The maximum atomic E-state index is 13.3. The molecule has 5 N–H and O–H groups in total. The minimum atomic E-state index is -0.826. The van der Waals surface area contributed by atoms with E-state index in [1.807, 2.05) is 53.4 Å². The smallest absolute Gasteiger partial charge is 0.305 e. The molecular weight excluding hydrogens is 683 g/mol. The standard InChI is InChI=1S/C34H37N5O6S2.CH2O2/c40-26-10-9-24(30-29(26)37-33(43)47-30)27(41)20-35-19-22-5-7-23(8-6-22)44-17-15-38-13-11-34(12-14-38)21-39(16-18-45-34)32(42)31-36-25-3-1-2-4-28(25)46-31;2-1-3/h1-10,27,35,40-41H,11-21H2,(H,37,43);1H,(H,2,3)/t27-;/m0./s1. The van der Waals surface area contributed by atoms with E-state index in [0.29, 0.717) is 60.2 Å². The molecule has 1 atom stereocenters. The number of rotatable bonds is 10. The highest BCUT2D eigenvalue weighted by Gasteiger charge is 2.41. The van der Waals surface area contributed by atoms with E-state index in [0.717, 1.165) is 65.3 Å². The number of carbonyl (C=O) groups is 2. The van der Waals surface area contributed by atoms with E-state index in [1.54, 1.807) is 6.07 Å². The van der Waals surface area contributed by atoms with E-state index in [4.69, 9.17) is 19.4 Å². The number of likely N-dealkylation sites (tertiary alicyclic amines) is 1. The number of H-pyrrole nitrogens is 1. The first-order valence-electron chi connectivity index (χ1n) is 16.3. The van der Waals surface area contributed by atoms with E-state index in [-0.39, 0.29) is 28.6 Å². The monoisotopic (exact) mass is 721 g/mol. The number of nitrogens with one attached hydrogen (secondary N) is 2. The van der Waals surface area contributed by atoms with Gasteiger partial charge in [0.05, 0.1) is 39.8 Å². The zero-order valence-corrected chi connectivity index (χ0v) is 28.9. The zero-order valence-electron chi connectivity index (χ0n) is 27.2. The number of aromatic hydroxyl groups is 1. The van der Waals surface area contributed by atoms with Crippen LogP contribution in [0.2, 0.25) is 0 Å². The topological polar surface area (TPSA) is 178 Å². The van der Waals surface area contributed by atoms with Gasteiger partial charge in [0.25, 0.3) is 12.4 Å². The molecule has 50 heavy (non-hydrogen) atoms. The first kappa shape index (κ1) is 35.4. The fourth-order valence-corrected chi connectivity index (χ4v) is 8.22. The van der Waals surface area contributed by atoms with Crippen LogP contribution in [-0.4, -0.2) is 106 Å². The third kappa shape index (κ3) is 8.31. The molecule has 0 aliphatic carbocycles. The lowest BCUT2D eigenvalue weighted by Gasteiger charge is -2.47. The van der Waals surface area contributed by atoms with Crippen LogP contribution >= 0.6 is 22.7 Å². The van der Waals surface area contributed by atoms with Crippen LogP contribution in [0.15, 0.2) is 65.5 Å². The van der Waals surface area contributed by atoms with Crippen molar-refractivity contribution >= 4 is 55.5 Å². The van der Waals surface area contributed by atoms with Crippen molar-refractivity contribution in [1.29, 1.82) is 0 Å². The number of amides is 1. The molecule has 0 unspecified atom stereocenters. The average molecular weight is 722 g/mol. The number of aliphatic hydroxyl groups is 1. The maximum Gasteiger partial charge on any atom is 0.305 e. The third-order valence-corrected chi connectivity index (χ3v) is 10.9. The highest BCUT2D eigenvalue weighted by atomic mass is 32.1. The molecule has 2 saturated heterocycles. The van der Waals surface area contributed by atoms with Gasteiger partial charge in [0, 0.05) is 44.8 Å². The van der Waals surface area contributed by atoms with Crippen molar-refractivity contribution in [3.05, 3.63) is 86.5 Å². The van der Waals surface area contributed by atoms with Gasteiger partial charge in [-0.1, -0.05) is 41.7 Å². The van der Waals surface area contributed by atoms with Crippen molar-refractivity contribution in [3.63, 3.8) is 0 Å². The number of carbonyl (C=O) groups excluding carboxylic acids is 1. The number of thiazole rings is 2. The fraction of sp³-hybridized carbons (Fsp3) is 0.371. The predicted molar refractivity (Wildman–Crippen MR) is 191 cm³/mol. The second kappa shape index (κ2) is 16.1. The van der Waals surface area contributed by atoms with Crippen molar-refractivity contribution in [2.24, 2.45) is 0 Å². The van der Waals surface area contributed by atoms with Crippen LogP contribution in [0.25, 0.3) is 20.4 Å². The number of hydrogen-bond acceptors (Lipinski definition) is 12. The van der Waals surface area contributed by atoms with Gasteiger partial charge in [0.1, 0.15) is 23.6 Å². The van der Waals surface area contributed by atoms with Crippen LogP contribution in [0, 0.1) is 0 Å². The van der Waals surface area contributed by atoms with E-state index in [1.165, 1.54) is 17.4 Å². The molecule has 2 aliphatic heterocycles. The van der Waals surface area contributed by atoms with Gasteiger partial charge < -0.3 is 40.0 Å². The van der Waals surface area contributed by atoms with Crippen molar-refractivity contribution in [2.75, 3.05) is 52.5 Å². The molecular formula is C35H39N5O8S2. The molecule has 0 radical (unpaired) electrons. The molecule has 0 saturated carbocycles. The van der Waals surface area contributed by atoms with Crippen molar-refractivity contribution < 1.29 is 34.4 Å². The number of phenols is 1. The van der Waals surface area contributed by atoms with E-state index in [9.17, 15) is 19.8 Å². The van der Waals surface area contributed by atoms with Gasteiger partial charge in [-0.2, -0.15) is 0 Å². The van der Waals surface area contributed by atoms with Gasteiger partial charge in [0.15, 0.2) is 5.01 Å². The van der Waals surface area contributed by atoms with Gasteiger partial charge in [0.2, 0.25) is 0 Å². The quantitative estimate of drug-likeness (QED) is 0.133. The molecule has 2 aliphatic rings. The Balaban J connectivity index is 0.00000139. The number of morpholine rings is 1. The highest BCUT2D eigenvalue weighted by molar-refractivity contribution is 7.20. The number of para-hydroxylation sites is 1. The first-order chi connectivity index (χ1) is 24.3. The zero-order chi connectivity index (χ0) is 35.1. The van der Waals surface area contributed by atoms with Gasteiger partial charge in [-0.05, 0) is 48.7 Å². The van der Waals surface area contributed by atoms with Crippen LogP contribution in [0.4, 0.5) is 0 Å². The number of aromatic nitrogens is 2. The Morgan fingerprint density at radius 1 is 1.10 bits per heavy atom. The summed E-state index contributed by atoms with van der Waals surface area (Å²) in [6.07, 6.45) is 0.916. The van der Waals surface area contributed by atoms with Crippen molar-refractivity contribution in [2.45, 2.75) is 31.1 Å². The minimum Gasteiger partial charge on any atom is -0.506 e. The number of fused-ring (bicyclic) bond motifs is 2. The van der Waals surface area contributed by atoms with Crippen LogP contribution in [0.3, 0.4) is 0 Å². The van der Waals surface area contributed by atoms with Crippen LogP contribution in [0.5, 0.6) is 11.5 Å². The summed E-state index contributed by atoms with van der Waals surface area (Å²) in [7, 11) is 0. The summed E-state index contributed by atoms with van der Waals surface area (Å²) < 4.78 is 13.9. The predicted octanol–water partition coefficient (Wildman–Crippen LogP) is 3.81. The van der Waals surface area contributed by atoms with E-state index < -0.39 is 6.10 Å². The maximum absolute atomic E-state index is 13.3. The normalized spacial score (nSPS) is 16.6. The molecule has 13 nitrogen and oxygen atoms in total. The summed E-state index contributed by atoms with van der Waals surface area (Å²) in [6.45, 7) is 5.51. The Bertz CT molecular complexity index is 1940. The Morgan fingerprint density at radius 2 is 1.86 bits per heavy atom. The number of nitrogens with zero attached hydrogens (tertiary/aromatic N) is 3. The fourth-order valence-electron chi connectivity index (χ4n) is 6.36. The molecule has 2 aromatic heterocycles. The Labute approximate surface area is 295 Å². The molecule has 5 aromatic rings. The summed E-state index contributed by atoms with van der Waals surface area (Å²) in [6, 6.07) is 18.9. The van der Waals surface area contributed by atoms with Crippen LogP contribution < -0.4 is 14.9 Å². The lowest BCUT2D eigenvalue weighted by Crippen LogP contribution is -2.58. The number of benzene rings is 3. The number of hydrogen-bond donors (Lipinski definition) is 5. The number of aromatic amines is 1. The summed E-state index contributed by atoms with van der Waals surface area (Å²) in [4.78, 5) is 44.6. The molecule has 264 valence electrons. The molecule has 1 spiro atoms. The summed E-state index contributed by atoms with van der Waals surface area (Å²) in [5.41, 5.74) is 2.57. The molecule has 3 aromatic carbocycles. The minimum absolute atomic E-state index is 0.00302. The SMILES string of the molecule is O=C(c1nc2ccccc2s1)N1CCOC2(CCN(CCOc3ccc(CNC[C@H](O)c4ccc(O)c5[nH]c(=O)sc45)cc3)CC2)C1.O=CO.